The van der Waals surface area contributed by atoms with Crippen LogP contribution >= 0.6 is 15.9 Å². The summed E-state index contributed by atoms with van der Waals surface area (Å²) < 4.78 is 3.36. The first kappa shape index (κ1) is 10.7. The van der Waals surface area contributed by atoms with E-state index in [-0.39, 0.29) is 6.04 Å². The van der Waals surface area contributed by atoms with E-state index < -0.39 is 0 Å². The normalized spacial score (nSPS) is 13.3. The Kier molecular flexibility index (Phi) is 2.85. The average molecular weight is 267 g/mol. The predicted octanol–water partition coefficient (Wildman–Crippen LogP) is 3.44. The molecule has 2 aromatic rings. The Bertz CT molecular complexity index is 486. The third kappa shape index (κ3) is 1.70. The van der Waals surface area contributed by atoms with Crippen LogP contribution in [0.15, 0.2) is 28.9 Å². The lowest BCUT2D eigenvalue weighted by Gasteiger charge is -2.03. The van der Waals surface area contributed by atoms with Crippen LogP contribution < -0.4 is 5.73 Å². The van der Waals surface area contributed by atoms with E-state index in [1.807, 2.05) is 6.92 Å². The van der Waals surface area contributed by atoms with Crippen molar-refractivity contribution in [3.05, 3.63) is 34.4 Å². The third-order valence-corrected chi connectivity index (χ3v) is 3.38. The van der Waals surface area contributed by atoms with Gasteiger partial charge >= 0.3 is 0 Å². The number of hydrogen-bond acceptors (Lipinski definition) is 1. The van der Waals surface area contributed by atoms with Crippen LogP contribution in [0.1, 0.15) is 25.5 Å². The molecule has 3 heteroatoms. The second-order valence-corrected chi connectivity index (χ2v) is 4.65. The summed E-state index contributed by atoms with van der Waals surface area (Å²) in [5.74, 6) is 0. The predicted molar refractivity (Wildman–Crippen MR) is 67.9 cm³/mol. The van der Waals surface area contributed by atoms with Gasteiger partial charge in [-0.05, 0) is 31.5 Å². The zero-order valence-electron chi connectivity index (χ0n) is 9.00. The minimum atomic E-state index is 0.0685. The lowest BCUT2D eigenvalue weighted by atomic mass is 10.1. The summed E-state index contributed by atoms with van der Waals surface area (Å²) in [6.45, 7) is 5.14. The molecule has 2 rings (SSSR count). The lowest BCUT2D eigenvalue weighted by molar-refractivity contribution is 0.770. The van der Waals surface area contributed by atoms with E-state index in [2.05, 4.69) is 51.8 Å². The molecular weight excluding hydrogens is 252 g/mol. The molecule has 0 aliphatic rings. The van der Waals surface area contributed by atoms with E-state index in [1.165, 1.54) is 16.5 Å². The van der Waals surface area contributed by atoms with E-state index in [1.54, 1.807) is 0 Å². The summed E-state index contributed by atoms with van der Waals surface area (Å²) in [4.78, 5) is 0. The van der Waals surface area contributed by atoms with Crippen molar-refractivity contribution in [1.29, 1.82) is 0 Å². The Morgan fingerprint density at radius 1 is 1.47 bits per heavy atom. The number of fused-ring (bicyclic) bond motifs is 1. The molecule has 0 saturated carbocycles. The van der Waals surface area contributed by atoms with Gasteiger partial charge in [-0.25, -0.2) is 0 Å². The average Bonchev–Trinajstić information content (AvgIpc) is 2.58. The van der Waals surface area contributed by atoms with Crippen LogP contribution in [0, 0.1) is 0 Å². The number of hydrogen-bond donors (Lipinski definition) is 1. The second-order valence-electron chi connectivity index (χ2n) is 3.79. The van der Waals surface area contributed by atoms with Gasteiger partial charge < -0.3 is 10.3 Å². The molecule has 2 N–H and O–H groups in total. The smallest absolute Gasteiger partial charge is 0.0495 e. The maximum atomic E-state index is 5.98. The van der Waals surface area contributed by atoms with Crippen LogP contribution in [-0.4, -0.2) is 4.57 Å². The van der Waals surface area contributed by atoms with Gasteiger partial charge in [0.15, 0.2) is 0 Å². The van der Waals surface area contributed by atoms with Crippen LogP contribution in [0.3, 0.4) is 0 Å². The monoisotopic (exact) mass is 266 g/mol. The number of rotatable bonds is 2. The Morgan fingerprint density at radius 2 is 2.20 bits per heavy atom. The van der Waals surface area contributed by atoms with Gasteiger partial charge in [0.1, 0.15) is 0 Å². The van der Waals surface area contributed by atoms with Gasteiger partial charge in [-0.1, -0.05) is 22.0 Å². The SMILES string of the molecule is CCn1cc(C(C)N)c2c(Br)cccc21. The molecule has 1 aromatic carbocycles. The number of aryl methyl sites for hydroxylation is 1. The Morgan fingerprint density at radius 3 is 2.80 bits per heavy atom. The van der Waals surface area contributed by atoms with Gasteiger partial charge in [0.2, 0.25) is 0 Å². The second kappa shape index (κ2) is 3.99. The highest BCUT2D eigenvalue weighted by Gasteiger charge is 2.12. The standard InChI is InChI=1S/C12H15BrN2/c1-3-15-7-9(8(2)14)12-10(13)5-4-6-11(12)15/h4-8H,3,14H2,1-2H3. The molecular formula is C12H15BrN2. The number of halogens is 1. The zero-order chi connectivity index (χ0) is 11.0. The quantitative estimate of drug-likeness (QED) is 0.887. The molecule has 0 saturated heterocycles. The summed E-state index contributed by atoms with van der Waals surface area (Å²) in [5, 5.41) is 1.24. The highest BCUT2D eigenvalue weighted by atomic mass is 79.9. The summed E-state index contributed by atoms with van der Waals surface area (Å²) in [5.41, 5.74) is 8.44. The van der Waals surface area contributed by atoms with Crippen LogP contribution in [-0.2, 0) is 6.54 Å². The van der Waals surface area contributed by atoms with Crippen LogP contribution in [0.4, 0.5) is 0 Å². The third-order valence-electron chi connectivity index (χ3n) is 2.72. The maximum absolute atomic E-state index is 5.98. The first-order valence-electron chi connectivity index (χ1n) is 5.18. The molecule has 0 aliphatic heterocycles. The lowest BCUT2D eigenvalue weighted by Crippen LogP contribution is -2.04. The van der Waals surface area contributed by atoms with Gasteiger partial charge in [-0.15, -0.1) is 0 Å². The number of nitrogens with two attached hydrogens (primary N) is 1. The van der Waals surface area contributed by atoms with Gasteiger partial charge in [0.25, 0.3) is 0 Å². The van der Waals surface area contributed by atoms with Gasteiger partial charge in [-0.2, -0.15) is 0 Å². The minimum Gasteiger partial charge on any atom is -0.347 e. The van der Waals surface area contributed by atoms with Crippen LogP contribution in [0.2, 0.25) is 0 Å². The van der Waals surface area contributed by atoms with Crippen molar-refractivity contribution >= 4 is 26.8 Å². The highest BCUT2D eigenvalue weighted by Crippen LogP contribution is 2.31. The fourth-order valence-electron chi connectivity index (χ4n) is 1.95. The van der Waals surface area contributed by atoms with Crippen molar-refractivity contribution in [3.63, 3.8) is 0 Å². The summed E-state index contributed by atoms with van der Waals surface area (Å²) >= 11 is 3.59. The van der Waals surface area contributed by atoms with Gasteiger partial charge in [-0.3, -0.25) is 0 Å². The van der Waals surface area contributed by atoms with Crippen molar-refractivity contribution < 1.29 is 0 Å². The largest absolute Gasteiger partial charge is 0.347 e. The molecule has 0 aliphatic carbocycles. The molecule has 1 heterocycles. The first-order valence-corrected chi connectivity index (χ1v) is 5.97. The van der Waals surface area contributed by atoms with E-state index >= 15 is 0 Å². The molecule has 0 bridgehead atoms. The van der Waals surface area contributed by atoms with E-state index in [9.17, 15) is 0 Å². The van der Waals surface area contributed by atoms with Gasteiger partial charge in [0, 0.05) is 34.2 Å². The summed E-state index contributed by atoms with van der Waals surface area (Å²) in [6, 6.07) is 6.33. The summed E-state index contributed by atoms with van der Waals surface area (Å²) in [7, 11) is 0. The Labute approximate surface area is 98.2 Å². The van der Waals surface area contributed by atoms with E-state index in [0.717, 1.165) is 11.0 Å². The molecule has 1 aromatic heterocycles. The fraction of sp³-hybridized carbons (Fsp3) is 0.333. The maximum Gasteiger partial charge on any atom is 0.0495 e. The van der Waals surface area contributed by atoms with Crippen molar-refractivity contribution in [1.82, 2.24) is 4.57 Å². The molecule has 80 valence electrons. The zero-order valence-corrected chi connectivity index (χ0v) is 10.6. The fourth-order valence-corrected chi connectivity index (χ4v) is 2.53. The van der Waals surface area contributed by atoms with Crippen LogP contribution in [0.25, 0.3) is 10.9 Å². The van der Waals surface area contributed by atoms with E-state index in [0.29, 0.717) is 0 Å². The molecule has 15 heavy (non-hydrogen) atoms. The number of nitrogens with zero attached hydrogens (tertiary/aromatic N) is 1. The molecule has 0 radical (unpaired) electrons. The Balaban J connectivity index is 2.82. The van der Waals surface area contributed by atoms with Crippen molar-refractivity contribution in [2.75, 3.05) is 0 Å². The van der Waals surface area contributed by atoms with Crippen molar-refractivity contribution in [2.24, 2.45) is 5.73 Å². The highest BCUT2D eigenvalue weighted by molar-refractivity contribution is 9.10. The summed E-state index contributed by atoms with van der Waals surface area (Å²) in [6.07, 6.45) is 2.15. The Hall–Kier alpha value is -0.800. The molecule has 1 unspecified atom stereocenters. The molecule has 1 atom stereocenters. The number of benzene rings is 1. The molecule has 2 nitrogen and oxygen atoms in total. The van der Waals surface area contributed by atoms with E-state index in [4.69, 9.17) is 5.73 Å². The number of aromatic nitrogens is 1. The molecule has 0 fully saturated rings. The topological polar surface area (TPSA) is 30.9 Å². The van der Waals surface area contributed by atoms with Crippen molar-refractivity contribution in [2.45, 2.75) is 26.4 Å². The van der Waals surface area contributed by atoms with Crippen LogP contribution in [0.5, 0.6) is 0 Å². The first-order chi connectivity index (χ1) is 7.15. The van der Waals surface area contributed by atoms with Crippen molar-refractivity contribution in [3.8, 4) is 0 Å². The molecule has 0 spiro atoms. The molecule has 0 amide bonds. The van der Waals surface area contributed by atoms with Gasteiger partial charge in [0.05, 0.1) is 0 Å². The minimum absolute atomic E-state index is 0.0685.